The number of rotatable bonds is 7. The normalized spacial score (nSPS) is 12.7. The van der Waals surface area contributed by atoms with E-state index in [9.17, 15) is 9.90 Å². The molecule has 0 aliphatic heterocycles. The summed E-state index contributed by atoms with van der Waals surface area (Å²) in [6.45, 7) is 10.2. The second-order valence-electron chi connectivity index (χ2n) is 11.8. The van der Waals surface area contributed by atoms with Crippen LogP contribution in [0.25, 0.3) is 42.8 Å². The summed E-state index contributed by atoms with van der Waals surface area (Å²) in [7, 11) is 0. The lowest BCUT2D eigenvalue weighted by molar-refractivity contribution is -0.160. The molecular weight excluding hydrogens is 578 g/mol. The first-order valence-electron chi connectivity index (χ1n) is 14.1. The Hall–Kier alpha value is -4.04. The Balaban J connectivity index is 1.51. The standard InChI is InChI=1S/C35H32ClN3O3S/c1-20-17-27-32(30(23-11-14-25(36)15-12-23)29(20)31(34(40)41)42-35(3,4)5)43-33(37-27)24-13-16-28-26(18-24)21(2)38-39(28)19-22-9-7-6-8-10-22/h6-18,31H,19H2,1-5H3,(H,40,41). The molecule has 0 spiro atoms. The number of hydrogen-bond donors (Lipinski definition) is 1. The molecule has 0 radical (unpaired) electrons. The Morgan fingerprint density at radius 1 is 1.00 bits per heavy atom. The van der Waals surface area contributed by atoms with Crippen molar-refractivity contribution in [3.8, 4) is 21.7 Å². The van der Waals surface area contributed by atoms with Gasteiger partial charge in [-0.05, 0) is 87.7 Å². The average Bonchev–Trinajstić information content (AvgIpc) is 3.52. The van der Waals surface area contributed by atoms with Gasteiger partial charge in [-0.15, -0.1) is 11.3 Å². The van der Waals surface area contributed by atoms with Crippen molar-refractivity contribution in [2.45, 2.75) is 52.9 Å². The minimum atomic E-state index is -1.16. The molecule has 4 aromatic carbocycles. The topological polar surface area (TPSA) is 77.2 Å². The van der Waals surface area contributed by atoms with Crippen molar-refractivity contribution in [3.63, 3.8) is 0 Å². The number of aliphatic carboxylic acids is 1. The lowest BCUT2D eigenvalue weighted by Crippen LogP contribution is -2.28. The van der Waals surface area contributed by atoms with Crippen molar-refractivity contribution in [2.24, 2.45) is 0 Å². The zero-order valence-corrected chi connectivity index (χ0v) is 26.3. The van der Waals surface area contributed by atoms with E-state index in [1.807, 2.05) is 87.8 Å². The van der Waals surface area contributed by atoms with Crippen molar-refractivity contribution < 1.29 is 14.6 Å². The number of nitrogens with zero attached hydrogens (tertiary/aromatic N) is 3. The largest absolute Gasteiger partial charge is 0.479 e. The van der Waals surface area contributed by atoms with Gasteiger partial charge in [0.25, 0.3) is 0 Å². The smallest absolute Gasteiger partial charge is 0.337 e. The van der Waals surface area contributed by atoms with Crippen molar-refractivity contribution in [1.82, 2.24) is 14.8 Å². The minimum absolute atomic E-state index is 0.608. The molecule has 1 N–H and O–H groups in total. The number of hydrogen-bond acceptors (Lipinski definition) is 5. The molecule has 1 atom stereocenters. The van der Waals surface area contributed by atoms with E-state index in [1.165, 1.54) is 5.56 Å². The van der Waals surface area contributed by atoms with Crippen LogP contribution in [0.15, 0.2) is 78.9 Å². The number of benzene rings is 4. The third-order valence-corrected chi connectivity index (χ3v) is 8.77. The third kappa shape index (κ3) is 5.80. The Labute approximate surface area is 259 Å². The fraction of sp³-hybridized carbons (Fsp3) is 0.229. The number of carboxylic acids is 1. The molecule has 6 rings (SSSR count). The van der Waals surface area contributed by atoms with E-state index in [-0.39, 0.29) is 0 Å². The van der Waals surface area contributed by atoms with Crippen molar-refractivity contribution in [3.05, 3.63) is 106 Å². The Morgan fingerprint density at radius 2 is 1.70 bits per heavy atom. The maximum atomic E-state index is 12.6. The number of aromatic nitrogens is 3. The number of ether oxygens (including phenoxy) is 1. The van der Waals surface area contributed by atoms with Gasteiger partial charge < -0.3 is 9.84 Å². The van der Waals surface area contributed by atoms with Crippen molar-refractivity contribution in [1.29, 1.82) is 0 Å². The van der Waals surface area contributed by atoms with Crippen LogP contribution in [-0.2, 0) is 16.1 Å². The number of thiazole rings is 1. The zero-order valence-electron chi connectivity index (χ0n) is 24.7. The second-order valence-corrected chi connectivity index (χ2v) is 13.2. The third-order valence-electron chi connectivity index (χ3n) is 7.38. The van der Waals surface area contributed by atoms with Crippen LogP contribution in [0.3, 0.4) is 0 Å². The quantitative estimate of drug-likeness (QED) is 0.195. The first-order chi connectivity index (χ1) is 20.5. The van der Waals surface area contributed by atoms with Crippen LogP contribution in [0.1, 0.15) is 49.3 Å². The summed E-state index contributed by atoms with van der Waals surface area (Å²) in [5.74, 6) is -1.04. The van der Waals surface area contributed by atoms with Gasteiger partial charge in [0.15, 0.2) is 6.10 Å². The number of aryl methyl sites for hydroxylation is 2. The number of fused-ring (bicyclic) bond motifs is 2. The minimum Gasteiger partial charge on any atom is -0.479 e. The summed E-state index contributed by atoms with van der Waals surface area (Å²) in [5.41, 5.74) is 7.44. The highest BCUT2D eigenvalue weighted by Crippen LogP contribution is 2.44. The Bertz CT molecular complexity index is 1970. The Morgan fingerprint density at radius 3 is 2.37 bits per heavy atom. The van der Waals surface area contributed by atoms with Crippen LogP contribution >= 0.6 is 22.9 Å². The monoisotopic (exact) mass is 609 g/mol. The summed E-state index contributed by atoms with van der Waals surface area (Å²) in [5, 5.41) is 17.7. The average molecular weight is 610 g/mol. The lowest BCUT2D eigenvalue weighted by atomic mass is 9.91. The van der Waals surface area contributed by atoms with Crippen LogP contribution in [-0.4, -0.2) is 31.4 Å². The van der Waals surface area contributed by atoms with Crippen LogP contribution in [0.5, 0.6) is 0 Å². The van der Waals surface area contributed by atoms with Gasteiger partial charge in [-0.2, -0.15) is 5.10 Å². The summed E-state index contributed by atoms with van der Waals surface area (Å²) >= 11 is 7.79. The highest BCUT2D eigenvalue weighted by Gasteiger charge is 2.32. The van der Waals surface area contributed by atoms with Gasteiger partial charge in [0.1, 0.15) is 5.01 Å². The summed E-state index contributed by atoms with van der Waals surface area (Å²) in [6, 6.07) is 26.1. The maximum absolute atomic E-state index is 12.6. The van der Waals surface area contributed by atoms with Crippen LogP contribution in [0, 0.1) is 13.8 Å². The first kappa shape index (κ1) is 29.1. The second kappa shape index (κ2) is 11.2. The zero-order chi connectivity index (χ0) is 30.5. The highest BCUT2D eigenvalue weighted by molar-refractivity contribution is 7.22. The first-order valence-corrected chi connectivity index (χ1v) is 15.3. The molecule has 2 heterocycles. The van der Waals surface area contributed by atoms with Crippen molar-refractivity contribution >= 4 is 50.0 Å². The molecule has 1 unspecified atom stereocenters. The Kier molecular flexibility index (Phi) is 7.59. The van der Waals surface area contributed by atoms with Crippen LogP contribution < -0.4 is 0 Å². The molecule has 6 aromatic rings. The molecule has 8 heteroatoms. The van der Waals surface area contributed by atoms with E-state index in [0.717, 1.165) is 54.1 Å². The van der Waals surface area contributed by atoms with E-state index >= 15 is 0 Å². The van der Waals surface area contributed by atoms with E-state index in [2.05, 4.69) is 30.3 Å². The van der Waals surface area contributed by atoms with Crippen LogP contribution in [0.4, 0.5) is 0 Å². The SMILES string of the molecule is Cc1cc2nc(-c3ccc4c(c3)c(C)nn4Cc3ccccc3)sc2c(-c2ccc(Cl)cc2)c1C(OC(C)(C)C)C(=O)O. The van der Waals surface area contributed by atoms with Gasteiger partial charge in [-0.1, -0.05) is 54.1 Å². The lowest BCUT2D eigenvalue weighted by Gasteiger charge is -2.28. The molecular formula is C35H32ClN3O3S. The predicted molar refractivity (Wildman–Crippen MR) is 175 cm³/mol. The molecule has 0 amide bonds. The molecule has 6 nitrogen and oxygen atoms in total. The van der Waals surface area contributed by atoms with Gasteiger partial charge in [-0.3, -0.25) is 4.68 Å². The molecule has 0 aliphatic carbocycles. The molecule has 0 saturated carbocycles. The van der Waals surface area contributed by atoms with E-state index in [4.69, 9.17) is 26.4 Å². The van der Waals surface area contributed by atoms with E-state index in [1.54, 1.807) is 11.3 Å². The summed E-state index contributed by atoms with van der Waals surface area (Å²) in [4.78, 5) is 17.7. The summed E-state index contributed by atoms with van der Waals surface area (Å²) in [6.07, 6.45) is -1.16. The molecule has 2 aromatic heterocycles. The van der Waals surface area contributed by atoms with Gasteiger partial charge >= 0.3 is 5.97 Å². The molecule has 43 heavy (non-hydrogen) atoms. The predicted octanol–water partition coefficient (Wildman–Crippen LogP) is 9.24. The summed E-state index contributed by atoms with van der Waals surface area (Å²) < 4.78 is 9.09. The fourth-order valence-corrected chi connectivity index (χ4v) is 6.76. The van der Waals surface area contributed by atoms with Gasteiger partial charge in [0.2, 0.25) is 0 Å². The van der Waals surface area contributed by atoms with Gasteiger partial charge in [0, 0.05) is 27.1 Å². The van der Waals surface area contributed by atoms with Crippen LogP contribution in [0.2, 0.25) is 5.02 Å². The highest BCUT2D eigenvalue weighted by atomic mass is 35.5. The molecule has 0 aliphatic rings. The maximum Gasteiger partial charge on any atom is 0.337 e. The van der Waals surface area contributed by atoms with Gasteiger partial charge in [-0.25, -0.2) is 9.78 Å². The molecule has 0 bridgehead atoms. The van der Waals surface area contributed by atoms with E-state index in [0.29, 0.717) is 17.1 Å². The molecule has 218 valence electrons. The van der Waals surface area contributed by atoms with Gasteiger partial charge in [0.05, 0.1) is 33.6 Å². The number of carbonyl (C=O) groups is 1. The molecule has 0 fully saturated rings. The number of carboxylic acid groups (broad SMARTS) is 1. The van der Waals surface area contributed by atoms with E-state index < -0.39 is 17.7 Å². The molecule has 0 saturated heterocycles. The van der Waals surface area contributed by atoms with Crippen molar-refractivity contribution in [2.75, 3.05) is 0 Å². The number of halogens is 1. The fourth-order valence-electron chi connectivity index (χ4n) is 5.51.